The minimum absolute atomic E-state index is 0. The maximum atomic E-state index is 12.1. The van der Waals surface area contributed by atoms with Gasteiger partial charge in [-0.3, -0.25) is 4.39 Å². The number of hydrogen-bond acceptors (Lipinski definition) is 3. The Hall–Kier alpha value is -3.12. The number of fused-ring (bicyclic) bond motifs is 2. The number of alkyl halides is 1. The van der Waals surface area contributed by atoms with Crippen LogP contribution in [0, 0.1) is 13.8 Å². The van der Waals surface area contributed by atoms with E-state index in [2.05, 4.69) is 41.8 Å². The number of aliphatic hydroxyl groups is 1. The van der Waals surface area contributed by atoms with E-state index in [1.807, 2.05) is 76.4 Å². The first kappa shape index (κ1) is 29.1. The predicted molar refractivity (Wildman–Crippen MR) is 149 cm³/mol. The van der Waals surface area contributed by atoms with Crippen molar-refractivity contribution in [1.29, 1.82) is 0 Å². The smallest absolute Gasteiger partial charge is 0.331 e. The Bertz CT molecular complexity index is 1290. The summed E-state index contributed by atoms with van der Waals surface area (Å²) in [4.78, 5) is 12.1. The molecule has 0 radical (unpaired) electrons. The molecule has 2 aromatic heterocycles. The Morgan fingerprint density at radius 1 is 0.944 bits per heavy atom. The van der Waals surface area contributed by atoms with E-state index in [9.17, 15) is 14.3 Å². The molecule has 2 aromatic carbocycles. The topological polar surface area (TPSA) is 56.4 Å². The van der Waals surface area contributed by atoms with Crippen LogP contribution < -0.4 is 0 Å². The molecular weight excluding hydrogens is 455 g/mol. The average Bonchev–Trinajstić information content (AvgIpc) is 3.36. The first-order valence-electron chi connectivity index (χ1n) is 12.4. The minimum atomic E-state index is -1.00. The normalized spacial score (nSPS) is 11.5. The van der Waals surface area contributed by atoms with Crippen LogP contribution in [0.15, 0.2) is 60.7 Å². The summed E-state index contributed by atoms with van der Waals surface area (Å²) in [6, 6.07) is 20.6. The Balaban J connectivity index is 0.000000330. The highest BCUT2D eigenvalue weighted by atomic mass is 19.1. The van der Waals surface area contributed by atoms with Crippen molar-refractivity contribution in [2.24, 2.45) is 0 Å². The molecule has 2 heterocycles. The summed E-state index contributed by atoms with van der Waals surface area (Å²) < 4.78 is 24.9. The molecule has 0 amide bonds. The van der Waals surface area contributed by atoms with Crippen LogP contribution in [-0.4, -0.2) is 40.6 Å². The van der Waals surface area contributed by atoms with Gasteiger partial charge in [-0.25, -0.2) is 4.79 Å². The SMILES string of the molecule is C.CCOC(=O)C(C)(C)n1c(C)cc2ccccc21.Cc1cc2ccccc2n1C(C)(C)CO.[2H]CF. The standard InChI is InChI=1S/C15H19NO2.C13H17NO.CH3F.CH4/c1-5-18-14(17)15(3,4)16-11(2)10-12-8-6-7-9-13(12)16;1-10-8-11-6-4-5-7-12(11)14(10)13(2,3)9-15;1-2;/h6-10H,5H2,1-4H3;4-8,15H,9H2,1-3H3;1H3;1H4/i;;1D;. The van der Waals surface area contributed by atoms with Gasteiger partial charge in [0.15, 0.2) is 0 Å². The molecule has 0 atom stereocenters. The number of carbonyl (C=O) groups excluding carboxylic acids is 1. The van der Waals surface area contributed by atoms with Gasteiger partial charge in [0.2, 0.25) is 0 Å². The van der Waals surface area contributed by atoms with Gasteiger partial charge in [0.1, 0.15) is 5.54 Å². The summed E-state index contributed by atoms with van der Waals surface area (Å²) >= 11 is 0. The number of aryl methyl sites for hydroxylation is 2. The van der Waals surface area contributed by atoms with Crippen molar-refractivity contribution in [3.63, 3.8) is 0 Å². The van der Waals surface area contributed by atoms with Crippen molar-refractivity contribution < 1.29 is 20.4 Å². The van der Waals surface area contributed by atoms with Gasteiger partial charge in [0, 0.05) is 22.4 Å². The molecular formula is C30H43FN2O3. The van der Waals surface area contributed by atoms with Crippen molar-refractivity contribution in [2.75, 3.05) is 20.4 Å². The van der Waals surface area contributed by atoms with E-state index in [4.69, 9.17) is 6.11 Å². The fourth-order valence-electron chi connectivity index (χ4n) is 4.60. The fraction of sp³-hybridized carbons (Fsp3) is 0.433. The highest BCUT2D eigenvalue weighted by Gasteiger charge is 2.33. The quantitative estimate of drug-likeness (QED) is 0.297. The summed E-state index contributed by atoms with van der Waals surface area (Å²) in [7, 11) is -1.00. The van der Waals surface area contributed by atoms with Crippen molar-refractivity contribution in [3.8, 4) is 0 Å². The van der Waals surface area contributed by atoms with Gasteiger partial charge < -0.3 is 19.0 Å². The lowest BCUT2D eigenvalue weighted by atomic mass is 10.0. The first-order chi connectivity index (χ1) is 17.0. The van der Waals surface area contributed by atoms with Crippen LogP contribution in [0.1, 0.15) is 54.8 Å². The van der Waals surface area contributed by atoms with Gasteiger partial charge in [-0.05, 0) is 83.5 Å². The first-order valence-corrected chi connectivity index (χ1v) is 11.7. The molecule has 1 N–H and O–H groups in total. The molecule has 0 spiro atoms. The molecule has 4 aromatic rings. The number of ether oxygens (including phenoxy) is 1. The molecule has 6 heteroatoms. The van der Waals surface area contributed by atoms with E-state index in [0.717, 1.165) is 16.6 Å². The van der Waals surface area contributed by atoms with Crippen LogP contribution >= 0.6 is 0 Å². The third-order valence-electron chi connectivity index (χ3n) is 6.12. The zero-order valence-corrected chi connectivity index (χ0v) is 21.9. The van der Waals surface area contributed by atoms with Crippen LogP contribution in [0.5, 0.6) is 0 Å². The van der Waals surface area contributed by atoms with Gasteiger partial charge in [0.05, 0.1) is 27.3 Å². The number of nitrogens with zero attached hydrogens (tertiary/aromatic N) is 2. The maximum Gasteiger partial charge on any atom is 0.331 e. The molecule has 0 aliphatic rings. The van der Waals surface area contributed by atoms with Gasteiger partial charge in [-0.2, -0.15) is 0 Å². The summed E-state index contributed by atoms with van der Waals surface area (Å²) in [6.45, 7) is 14.4. The minimum Gasteiger partial charge on any atom is -0.464 e. The molecule has 0 fully saturated rings. The number of para-hydroxylation sites is 2. The lowest BCUT2D eigenvalue weighted by Crippen LogP contribution is -2.38. The number of carbonyl (C=O) groups is 1. The highest BCUT2D eigenvalue weighted by Crippen LogP contribution is 2.29. The van der Waals surface area contributed by atoms with E-state index in [0.29, 0.717) is 6.61 Å². The molecule has 0 saturated carbocycles. The zero-order valence-electron chi connectivity index (χ0n) is 22.9. The number of esters is 1. The van der Waals surface area contributed by atoms with Crippen LogP contribution in [0.4, 0.5) is 4.39 Å². The molecule has 0 bridgehead atoms. The number of aliphatic hydroxyl groups excluding tert-OH is 1. The molecule has 0 unspecified atom stereocenters. The molecule has 0 aliphatic heterocycles. The maximum absolute atomic E-state index is 12.1. The average molecular weight is 500 g/mol. The molecule has 36 heavy (non-hydrogen) atoms. The van der Waals surface area contributed by atoms with Crippen LogP contribution in [0.3, 0.4) is 0 Å². The zero-order chi connectivity index (χ0) is 27.1. The van der Waals surface area contributed by atoms with Crippen LogP contribution in [0.2, 0.25) is 0 Å². The van der Waals surface area contributed by atoms with E-state index in [-0.39, 0.29) is 25.5 Å². The van der Waals surface area contributed by atoms with Gasteiger partial charge >= 0.3 is 5.97 Å². The fourth-order valence-corrected chi connectivity index (χ4v) is 4.60. The van der Waals surface area contributed by atoms with E-state index < -0.39 is 12.7 Å². The van der Waals surface area contributed by atoms with E-state index in [1.54, 1.807) is 0 Å². The Kier molecular flexibility index (Phi) is 10.3. The van der Waals surface area contributed by atoms with Crippen molar-refractivity contribution in [2.45, 2.75) is 67.0 Å². The highest BCUT2D eigenvalue weighted by molar-refractivity contribution is 5.86. The largest absolute Gasteiger partial charge is 0.464 e. The molecule has 4 rings (SSSR count). The third-order valence-corrected chi connectivity index (χ3v) is 6.12. The number of halogens is 1. The van der Waals surface area contributed by atoms with Crippen LogP contribution in [0.25, 0.3) is 21.8 Å². The summed E-state index contributed by atoms with van der Waals surface area (Å²) in [5, 5.41) is 11.8. The monoisotopic (exact) mass is 499 g/mol. The third kappa shape index (κ3) is 6.16. The Morgan fingerprint density at radius 3 is 1.81 bits per heavy atom. The number of aromatic nitrogens is 2. The molecule has 5 nitrogen and oxygen atoms in total. The lowest BCUT2D eigenvalue weighted by molar-refractivity contribution is -0.152. The summed E-state index contributed by atoms with van der Waals surface area (Å²) in [5.41, 5.74) is 3.57. The van der Waals surface area contributed by atoms with Crippen molar-refractivity contribution >= 4 is 27.8 Å². The van der Waals surface area contributed by atoms with Crippen LogP contribution in [-0.2, 0) is 20.6 Å². The predicted octanol–water partition coefficient (Wildman–Crippen LogP) is 7.15. The van der Waals surface area contributed by atoms with E-state index in [1.165, 1.54) is 16.6 Å². The van der Waals surface area contributed by atoms with E-state index >= 15 is 0 Å². The number of benzene rings is 2. The second-order valence-electron chi connectivity index (χ2n) is 9.61. The summed E-state index contributed by atoms with van der Waals surface area (Å²) in [6.07, 6.45) is 0. The number of hydrogen-bond donors (Lipinski definition) is 1. The summed E-state index contributed by atoms with van der Waals surface area (Å²) in [5.74, 6) is -0.200. The second kappa shape index (κ2) is 12.7. The van der Waals surface area contributed by atoms with Crippen molar-refractivity contribution in [3.05, 3.63) is 72.1 Å². The van der Waals surface area contributed by atoms with Gasteiger partial charge in [-0.1, -0.05) is 43.8 Å². The lowest BCUT2D eigenvalue weighted by Gasteiger charge is -2.27. The Morgan fingerprint density at radius 2 is 1.36 bits per heavy atom. The van der Waals surface area contributed by atoms with Gasteiger partial charge in [-0.15, -0.1) is 0 Å². The number of rotatable bonds is 5. The molecule has 0 saturated heterocycles. The molecule has 0 aliphatic carbocycles. The molecule has 198 valence electrons. The van der Waals surface area contributed by atoms with Crippen molar-refractivity contribution in [1.82, 2.24) is 9.13 Å². The van der Waals surface area contributed by atoms with Gasteiger partial charge in [0.25, 0.3) is 0 Å². The Labute approximate surface area is 216 Å². The second-order valence-corrected chi connectivity index (χ2v) is 9.61.